The lowest BCUT2D eigenvalue weighted by Crippen LogP contribution is -2.44. The summed E-state index contributed by atoms with van der Waals surface area (Å²) in [5, 5.41) is 3.60. The molecule has 0 radical (unpaired) electrons. The van der Waals surface area contributed by atoms with Gasteiger partial charge in [0, 0.05) is 18.1 Å². The number of benzene rings is 3. The molecular formula is C26H27ClN2O2. The summed E-state index contributed by atoms with van der Waals surface area (Å²) in [6.45, 7) is 2.87. The summed E-state index contributed by atoms with van der Waals surface area (Å²) in [6.07, 6.45) is 1.04. The van der Waals surface area contributed by atoms with Gasteiger partial charge in [0.15, 0.2) is 0 Å². The molecule has 0 saturated heterocycles. The molecule has 3 aromatic carbocycles. The first-order valence-corrected chi connectivity index (χ1v) is 10.9. The van der Waals surface area contributed by atoms with Crippen molar-refractivity contribution in [3.05, 3.63) is 107 Å². The molecule has 0 aliphatic rings. The first-order valence-electron chi connectivity index (χ1n) is 10.5. The number of hydrogen-bond donors (Lipinski definition) is 1. The fourth-order valence-electron chi connectivity index (χ4n) is 3.44. The van der Waals surface area contributed by atoms with Gasteiger partial charge in [0.25, 0.3) is 0 Å². The third kappa shape index (κ3) is 6.43. The molecule has 0 aliphatic carbocycles. The van der Waals surface area contributed by atoms with Gasteiger partial charge in [-0.15, -0.1) is 0 Å². The number of halogens is 1. The van der Waals surface area contributed by atoms with E-state index in [0.29, 0.717) is 18.1 Å². The van der Waals surface area contributed by atoms with E-state index >= 15 is 0 Å². The average Bonchev–Trinajstić information content (AvgIpc) is 2.80. The SMILES string of the molecule is CCCNC(=O)[C@@H](c1ccccc1)N(Cc1ccc(Cl)cc1)C(=O)Cc1ccccc1. The maximum absolute atomic E-state index is 13.5. The molecule has 3 rings (SSSR count). The van der Waals surface area contributed by atoms with Gasteiger partial charge in [-0.05, 0) is 35.2 Å². The average molecular weight is 435 g/mol. The van der Waals surface area contributed by atoms with Crippen molar-refractivity contribution in [2.45, 2.75) is 32.4 Å². The molecule has 0 saturated carbocycles. The first kappa shape index (κ1) is 22.6. The van der Waals surface area contributed by atoms with E-state index in [-0.39, 0.29) is 18.2 Å². The second-order valence-electron chi connectivity index (χ2n) is 7.41. The maximum atomic E-state index is 13.5. The van der Waals surface area contributed by atoms with Crippen LogP contribution < -0.4 is 5.32 Å². The Morgan fingerprint density at radius 2 is 1.48 bits per heavy atom. The van der Waals surface area contributed by atoms with Gasteiger partial charge in [0.1, 0.15) is 6.04 Å². The molecule has 0 unspecified atom stereocenters. The van der Waals surface area contributed by atoms with Crippen LogP contribution in [0.1, 0.15) is 36.1 Å². The van der Waals surface area contributed by atoms with E-state index in [4.69, 9.17) is 11.6 Å². The van der Waals surface area contributed by atoms with Crippen LogP contribution in [-0.4, -0.2) is 23.3 Å². The lowest BCUT2D eigenvalue weighted by Gasteiger charge is -2.32. The van der Waals surface area contributed by atoms with Crippen LogP contribution in [0.5, 0.6) is 0 Å². The largest absolute Gasteiger partial charge is 0.354 e. The minimum atomic E-state index is -0.723. The number of hydrogen-bond acceptors (Lipinski definition) is 2. The van der Waals surface area contributed by atoms with Crippen LogP contribution in [-0.2, 0) is 22.6 Å². The Morgan fingerprint density at radius 1 is 0.871 bits per heavy atom. The summed E-state index contributed by atoms with van der Waals surface area (Å²) in [6, 6.07) is 25.7. The summed E-state index contributed by atoms with van der Waals surface area (Å²) in [4.78, 5) is 28.4. The molecule has 4 nitrogen and oxygen atoms in total. The normalized spacial score (nSPS) is 11.5. The van der Waals surface area contributed by atoms with Gasteiger partial charge in [-0.1, -0.05) is 91.3 Å². The molecule has 0 aliphatic heterocycles. The van der Waals surface area contributed by atoms with Crippen LogP contribution in [0, 0.1) is 0 Å². The summed E-state index contributed by atoms with van der Waals surface area (Å²) in [5.74, 6) is -0.287. The minimum absolute atomic E-state index is 0.110. The van der Waals surface area contributed by atoms with Gasteiger partial charge in [-0.25, -0.2) is 0 Å². The number of carbonyl (C=O) groups excluding carboxylic acids is 2. The van der Waals surface area contributed by atoms with Crippen LogP contribution >= 0.6 is 11.6 Å². The van der Waals surface area contributed by atoms with Crippen molar-refractivity contribution >= 4 is 23.4 Å². The van der Waals surface area contributed by atoms with Crippen molar-refractivity contribution in [1.82, 2.24) is 10.2 Å². The first-order chi connectivity index (χ1) is 15.1. The molecule has 1 N–H and O–H groups in total. The molecule has 160 valence electrons. The maximum Gasteiger partial charge on any atom is 0.247 e. The van der Waals surface area contributed by atoms with Crippen molar-refractivity contribution in [2.24, 2.45) is 0 Å². The van der Waals surface area contributed by atoms with E-state index in [1.54, 1.807) is 17.0 Å². The van der Waals surface area contributed by atoms with Crippen LogP contribution in [0.2, 0.25) is 5.02 Å². The standard InChI is InChI=1S/C26H27ClN2O2/c1-2-17-28-26(31)25(22-11-7-4-8-12-22)29(19-21-13-15-23(27)16-14-21)24(30)18-20-9-5-3-6-10-20/h3-16,25H,2,17-19H2,1H3,(H,28,31)/t25-/m1/s1. The zero-order valence-electron chi connectivity index (χ0n) is 17.6. The topological polar surface area (TPSA) is 49.4 Å². The summed E-state index contributed by atoms with van der Waals surface area (Å²) < 4.78 is 0. The minimum Gasteiger partial charge on any atom is -0.354 e. The number of amides is 2. The molecule has 3 aromatic rings. The predicted octanol–water partition coefficient (Wildman–Crippen LogP) is 5.18. The molecule has 0 spiro atoms. The summed E-state index contributed by atoms with van der Waals surface area (Å²) in [7, 11) is 0. The Hall–Kier alpha value is -3.11. The third-order valence-electron chi connectivity index (χ3n) is 5.01. The van der Waals surface area contributed by atoms with Crippen molar-refractivity contribution in [1.29, 1.82) is 0 Å². The number of rotatable bonds is 9. The molecule has 5 heteroatoms. The van der Waals surface area contributed by atoms with Gasteiger partial charge in [0.2, 0.25) is 11.8 Å². The fourth-order valence-corrected chi connectivity index (χ4v) is 3.56. The van der Waals surface area contributed by atoms with E-state index < -0.39 is 6.04 Å². The number of nitrogens with zero attached hydrogens (tertiary/aromatic N) is 1. The highest BCUT2D eigenvalue weighted by atomic mass is 35.5. The van der Waals surface area contributed by atoms with Crippen molar-refractivity contribution < 1.29 is 9.59 Å². The van der Waals surface area contributed by atoms with E-state index in [9.17, 15) is 9.59 Å². The lowest BCUT2D eigenvalue weighted by molar-refractivity contribution is -0.141. The molecule has 1 atom stereocenters. The molecule has 0 bridgehead atoms. The monoisotopic (exact) mass is 434 g/mol. The Bertz CT molecular complexity index is 975. The highest BCUT2D eigenvalue weighted by molar-refractivity contribution is 6.30. The van der Waals surface area contributed by atoms with Crippen LogP contribution in [0.4, 0.5) is 0 Å². The summed E-state index contributed by atoms with van der Waals surface area (Å²) >= 11 is 6.04. The van der Waals surface area contributed by atoms with Crippen molar-refractivity contribution in [3.8, 4) is 0 Å². The molecular weight excluding hydrogens is 408 g/mol. The Balaban J connectivity index is 1.97. The van der Waals surface area contributed by atoms with Gasteiger partial charge in [0.05, 0.1) is 6.42 Å². The van der Waals surface area contributed by atoms with Gasteiger partial charge in [-0.2, -0.15) is 0 Å². The highest BCUT2D eigenvalue weighted by Gasteiger charge is 2.31. The molecule has 2 amide bonds. The molecule has 0 fully saturated rings. The Labute approximate surface area is 188 Å². The molecule has 0 heterocycles. The van der Waals surface area contributed by atoms with E-state index in [0.717, 1.165) is 23.1 Å². The Kier molecular flexibility index (Phi) is 8.25. The lowest BCUT2D eigenvalue weighted by atomic mass is 10.0. The molecule has 0 aromatic heterocycles. The zero-order chi connectivity index (χ0) is 22.1. The van der Waals surface area contributed by atoms with Crippen LogP contribution in [0.3, 0.4) is 0 Å². The Morgan fingerprint density at radius 3 is 2.10 bits per heavy atom. The van der Waals surface area contributed by atoms with E-state index in [2.05, 4.69) is 5.32 Å². The second kappa shape index (κ2) is 11.3. The fraction of sp³-hybridized carbons (Fsp3) is 0.231. The van der Waals surface area contributed by atoms with Crippen LogP contribution in [0.25, 0.3) is 0 Å². The summed E-state index contributed by atoms with van der Waals surface area (Å²) in [5.41, 5.74) is 2.61. The predicted molar refractivity (Wildman–Crippen MR) is 125 cm³/mol. The van der Waals surface area contributed by atoms with Gasteiger partial charge in [-0.3, -0.25) is 9.59 Å². The second-order valence-corrected chi connectivity index (χ2v) is 7.85. The highest BCUT2D eigenvalue weighted by Crippen LogP contribution is 2.25. The number of carbonyl (C=O) groups is 2. The molecule has 31 heavy (non-hydrogen) atoms. The zero-order valence-corrected chi connectivity index (χ0v) is 18.4. The smallest absolute Gasteiger partial charge is 0.247 e. The van der Waals surface area contributed by atoms with Crippen LogP contribution in [0.15, 0.2) is 84.9 Å². The quantitative estimate of drug-likeness (QED) is 0.504. The third-order valence-corrected chi connectivity index (χ3v) is 5.26. The van der Waals surface area contributed by atoms with E-state index in [1.165, 1.54) is 0 Å². The van der Waals surface area contributed by atoms with E-state index in [1.807, 2.05) is 79.7 Å². The van der Waals surface area contributed by atoms with Gasteiger partial charge >= 0.3 is 0 Å². The van der Waals surface area contributed by atoms with Crippen molar-refractivity contribution in [3.63, 3.8) is 0 Å². The van der Waals surface area contributed by atoms with Gasteiger partial charge < -0.3 is 10.2 Å². The number of nitrogens with one attached hydrogen (secondary N) is 1. The van der Waals surface area contributed by atoms with Crippen molar-refractivity contribution in [2.75, 3.05) is 6.54 Å².